The lowest BCUT2D eigenvalue weighted by atomic mass is 10.2. The van der Waals surface area contributed by atoms with Gasteiger partial charge in [0.2, 0.25) is 0 Å². The van der Waals surface area contributed by atoms with Crippen molar-refractivity contribution in [3.63, 3.8) is 0 Å². The third kappa shape index (κ3) is 4.63. The molecule has 1 saturated heterocycles. The molecule has 0 unspecified atom stereocenters. The Bertz CT molecular complexity index is 997. The zero-order chi connectivity index (χ0) is 19.3. The van der Waals surface area contributed by atoms with Crippen LogP contribution >= 0.6 is 23.8 Å². The minimum absolute atomic E-state index is 0.512. The van der Waals surface area contributed by atoms with Gasteiger partial charge in [0.15, 0.2) is 4.77 Å². The lowest BCUT2D eigenvalue weighted by Crippen LogP contribution is -2.46. The van der Waals surface area contributed by atoms with Crippen molar-refractivity contribution in [1.82, 2.24) is 14.9 Å². The van der Waals surface area contributed by atoms with E-state index < -0.39 is 0 Å². The van der Waals surface area contributed by atoms with Gasteiger partial charge in [0.05, 0.1) is 5.52 Å². The SMILES string of the molecule is S=c1nc(NCCCN2CCN(c3cccc(Cl)c3)CC2)c2ccccc2[nH]1. The summed E-state index contributed by atoms with van der Waals surface area (Å²) in [7, 11) is 0. The predicted molar refractivity (Wildman–Crippen MR) is 120 cm³/mol. The Hall–Kier alpha value is -2.15. The molecule has 0 amide bonds. The van der Waals surface area contributed by atoms with Crippen molar-refractivity contribution in [1.29, 1.82) is 0 Å². The van der Waals surface area contributed by atoms with Crippen LogP contribution in [0.5, 0.6) is 0 Å². The van der Waals surface area contributed by atoms with Gasteiger partial charge in [-0.05, 0) is 55.5 Å². The molecule has 0 atom stereocenters. The van der Waals surface area contributed by atoms with Gasteiger partial charge in [0.1, 0.15) is 5.82 Å². The predicted octanol–water partition coefficient (Wildman–Crippen LogP) is 4.57. The number of aromatic nitrogens is 2. The van der Waals surface area contributed by atoms with E-state index in [2.05, 4.69) is 37.2 Å². The van der Waals surface area contributed by atoms with E-state index in [0.717, 1.165) is 67.4 Å². The molecule has 5 nitrogen and oxygen atoms in total. The van der Waals surface area contributed by atoms with Gasteiger partial charge in [-0.15, -0.1) is 0 Å². The molecule has 0 spiro atoms. The number of halogens is 1. The van der Waals surface area contributed by atoms with Gasteiger partial charge in [-0.25, -0.2) is 4.98 Å². The number of piperazine rings is 1. The van der Waals surface area contributed by atoms with Crippen LogP contribution in [0.2, 0.25) is 5.02 Å². The van der Waals surface area contributed by atoms with E-state index in [0.29, 0.717) is 4.77 Å². The van der Waals surface area contributed by atoms with Gasteiger partial charge in [-0.1, -0.05) is 29.8 Å². The van der Waals surface area contributed by atoms with E-state index in [9.17, 15) is 0 Å². The fourth-order valence-corrected chi connectivity index (χ4v) is 4.04. The van der Waals surface area contributed by atoms with Crippen LogP contribution in [0.1, 0.15) is 6.42 Å². The first-order valence-corrected chi connectivity index (χ1v) is 10.4. The molecule has 4 rings (SSSR count). The summed E-state index contributed by atoms with van der Waals surface area (Å²) in [4.78, 5) is 12.5. The van der Waals surface area contributed by atoms with Gasteiger partial charge < -0.3 is 15.2 Å². The second-order valence-electron chi connectivity index (χ2n) is 7.03. The van der Waals surface area contributed by atoms with Crippen molar-refractivity contribution in [2.24, 2.45) is 0 Å². The summed E-state index contributed by atoms with van der Waals surface area (Å²) in [6.45, 7) is 6.18. The zero-order valence-electron chi connectivity index (χ0n) is 15.7. The molecule has 3 aromatic rings. The second-order valence-corrected chi connectivity index (χ2v) is 7.85. The van der Waals surface area contributed by atoms with Gasteiger partial charge >= 0.3 is 0 Å². The highest BCUT2D eigenvalue weighted by atomic mass is 35.5. The van der Waals surface area contributed by atoms with Gasteiger partial charge in [-0.2, -0.15) is 0 Å². The number of H-pyrrole nitrogens is 1. The molecule has 1 aromatic heterocycles. The van der Waals surface area contributed by atoms with Crippen molar-refractivity contribution in [2.75, 3.05) is 49.5 Å². The Morgan fingerprint density at radius 2 is 1.89 bits per heavy atom. The van der Waals surface area contributed by atoms with Crippen LogP contribution in [-0.2, 0) is 0 Å². The maximum atomic E-state index is 6.12. The average molecular weight is 414 g/mol. The molecule has 2 aromatic carbocycles. The highest BCUT2D eigenvalue weighted by molar-refractivity contribution is 7.71. The minimum atomic E-state index is 0.512. The molecule has 2 heterocycles. The monoisotopic (exact) mass is 413 g/mol. The minimum Gasteiger partial charge on any atom is -0.369 e. The lowest BCUT2D eigenvalue weighted by molar-refractivity contribution is 0.257. The van der Waals surface area contributed by atoms with E-state index in [4.69, 9.17) is 23.8 Å². The summed E-state index contributed by atoms with van der Waals surface area (Å²) in [5.41, 5.74) is 2.23. The fraction of sp³-hybridized carbons (Fsp3) is 0.333. The number of para-hydroxylation sites is 1. The molecule has 0 radical (unpaired) electrons. The first-order valence-electron chi connectivity index (χ1n) is 9.65. The molecule has 0 aliphatic carbocycles. The molecular weight excluding hydrogens is 390 g/mol. The van der Waals surface area contributed by atoms with Crippen molar-refractivity contribution in [3.8, 4) is 0 Å². The Morgan fingerprint density at radius 3 is 2.71 bits per heavy atom. The van der Waals surface area contributed by atoms with Crippen molar-refractivity contribution in [2.45, 2.75) is 6.42 Å². The van der Waals surface area contributed by atoms with Crippen LogP contribution in [-0.4, -0.2) is 54.1 Å². The Balaban J connectivity index is 1.25. The number of nitrogens with zero attached hydrogens (tertiary/aromatic N) is 3. The number of benzene rings is 2. The maximum Gasteiger partial charge on any atom is 0.199 e. The molecule has 28 heavy (non-hydrogen) atoms. The first-order chi connectivity index (χ1) is 13.7. The smallest absolute Gasteiger partial charge is 0.199 e. The van der Waals surface area contributed by atoms with E-state index in [1.165, 1.54) is 5.69 Å². The summed E-state index contributed by atoms with van der Waals surface area (Å²) in [6, 6.07) is 16.2. The largest absolute Gasteiger partial charge is 0.369 e. The molecule has 2 N–H and O–H groups in total. The quantitative estimate of drug-likeness (QED) is 0.458. The summed E-state index contributed by atoms with van der Waals surface area (Å²) in [5, 5.41) is 5.33. The van der Waals surface area contributed by atoms with Gasteiger partial charge in [-0.3, -0.25) is 4.90 Å². The Morgan fingerprint density at radius 1 is 1.07 bits per heavy atom. The normalized spacial score (nSPS) is 15.1. The molecule has 146 valence electrons. The number of hydrogen-bond donors (Lipinski definition) is 2. The van der Waals surface area contributed by atoms with Crippen LogP contribution in [0.15, 0.2) is 48.5 Å². The van der Waals surface area contributed by atoms with Crippen LogP contribution in [0.3, 0.4) is 0 Å². The lowest BCUT2D eigenvalue weighted by Gasteiger charge is -2.36. The van der Waals surface area contributed by atoms with Crippen molar-refractivity contribution in [3.05, 3.63) is 58.3 Å². The molecular formula is C21H24ClN5S. The van der Waals surface area contributed by atoms with Crippen LogP contribution in [0.4, 0.5) is 11.5 Å². The summed E-state index contributed by atoms with van der Waals surface area (Å²) in [6.07, 6.45) is 1.07. The number of hydrogen-bond acceptors (Lipinski definition) is 5. The van der Waals surface area contributed by atoms with Crippen LogP contribution in [0.25, 0.3) is 10.9 Å². The number of rotatable bonds is 6. The third-order valence-corrected chi connectivity index (χ3v) is 5.55. The standard InChI is InChI=1S/C21H24ClN5S/c22-16-5-3-6-17(15-16)27-13-11-26(12-14-27)10-4-9-23-20-18-7-1-2-8-19(18)24-21(28)25-20/h1-3,5-8,15H,4,9-14H2,(H2,23,24,25,28). The van der Waals surface area contributed by atoms with E-state index >= 15 is 0 Å². The van der Waals surface area contributed by atoms with E-state index in [1.54, 1.807) is 0 Å². The van der Waals surface area contributed by atoms with Crippen molar-refractivity contribution >= 4 is 46.2 Å². The number of nitrogens with one attached hydrogen (secondary N) is 2. The zero-order valence-corrected chi connectivity index (χ0v) is 17.3. The average Bonchev–Trinajstić information content (AvgIpc) is 2.71. The Kier molecular flexibility index (Phi) is 6.10. The molecule has 7 heteroatoms. The molecule has 0 bridgehead atoms. The van der Waals surface area contributed by atoms with Crippen LogP contribution < -0.4 is 10.2 Å². The summed E-state index contributed by atoms with van der Waals surface area (Å²) >= 11 is 11.4. The van der Waals surface area contributed by atoms with E-state index in [1.807, 2.05) is 36.4 Å². The second kappa shape index (κ2) is 8.90. The van der Waals surface area contributed by atoms with Crippen molar-refractivity contribution < 1.29 is 0 Å². The molecule has 1 aliphatic rings. The number of aromatic amines is 1. The third-order valence-electron chi connectivity index (χ3n) is 5.13. The topological polar surface area (TPSA) is 47.2 Å². The highest BCUT2D eigenvalue weighted by Gasteiger charge is 2.17. The van der Waals surface area contributed by atoms with Crippen LogP contribution in [0, 0.1) is 4.77 Å². The number of anilines is 2. The maximum absolute atomic E-state index is 6.12. The molecule has 1 aliphatic heterocycles. The van der Waals surface area contributed by atoms with Gasteiger partial charge in [0.25, 0.3) is 0 Å². The highest BCUT2D eigenvalue weighted by Crippen LogP contribution is 2.21. The van der Waals surface area contributed by atoms with E-state index in [-0.39, 0.29) is 0 Å². The van der Waals surface area contributed by atoms with Gasteiger partial charge in [0, 0.05) is 48.8 Å². The number of fused-ring (bicyclic) bond motifs is 1. The summed E-state index contributed by atoms with van der Waals surface area (Å²) in [5.74, 6) is 0.866. The molecule has 0 saturated carbocycles. The summed E-state index contributed by atoms with van der Waals surface area (Å²) < 4.78 is 0.512. The first kappa shape index (κ1) is 19.2. The Labute approximate surface area is 175 Å². The fourth-order valence-electron chi connectivity index (χ4n) is 3.65. The molecule has 1 fully saturated rings.